The molecule has 0 aliphatic rings. The summed E-state index contributed by atoms with van der Waals surface area (Å²) in [4.78, 5) is 12.0. The van der Waals surface area contributed by atoms with Crippen LogP contribution in [0.3, 0.4) is 0 Å². The molecule has 144 valence electrons. The maximum atomic E-state index is 13.4. The minimum atomic E-state index is -2.88. The van der Waals surface area contributed by atoms with Crippen LogP contribution in [0.4, 0.5) is 4.39 Å². The van der Waals surface area contributed by atoms with Crippen LogP contribution in [0.1, 0.15) is 0 Å². The SMILES string of the molecule is CS(=N)(=O)NCCOc1nonc1-c1noc(=O)n1-c1ccc(F)c(Cl)c1. The van der Waals surface area contributed by atoms with Crippen molar-refractivity contribution in [3.63, 3.8) is 0 Å². The number of hydrogen-bond donors (Lipinski definition) is 2. The summed E-state index contributed by atoms with van der Waals surface area (Å²) in [7, 11) is -2.88. The topological polar surface area (TPSA) is 149 Å². The Hall–Kier alpha value is -2.77. The van der Waals surface area contributed by atoms with Crippen molar-refractivity contribution in [2.75, 3.05) is 19.4 Å². The lowest BCUT2D eigenvalue weighted by atomic mass is 10.3. The molecule has 3 aromatic rings. The van der Waals surface area contributed by atoms with E-state index < -0.39 is 21.5 Å². The third-order valence-corrected chi connectivity index (χ3v) is 4.20. The van der Waals surface area contributed by atoms with E-state index >= 15 is 0 Å². The van der Waals surface area contributed by atoms with Crippen LogP contribution in [0.5, 0.6) is 5.88 Å². The van der Waals surface area contributed by atoms with Crippen LogP contribution in [0, 0.1) is 10.6 Å². The summed E-state index contributed by atoms with van der Waals surface area (Å²) in [5.41, 5.74) is 0.127. The minimum absolute atomic E-state index is 0.0185. The van der Waals surface area contributed by atoms with Crippen molar-refractivity contribution in [3.05, 3.63) is 39.6 Å². The largest absolute Gasteiger partial charge is 0.472 e. The van der Waals surface area contributed by atoms with Crippen LogP contribution >= 0.6 is 11.6 Å². The quantitative estimate of drug-likeness (QED) is 0.544. The number of rotatable bonds is 7. The Kier molecular flexibility index (Phi) is 5.25. The molecule has 0 aliphatic heterocycles. The number of nitrogens with zero attached hydrogens (tertiary/aromatic N) is 4. The molecule has 0 spiro atoms. The number of hydrogen-bond acceptors (Lipinski definition) is 9. The molecular weight excluding hydrogens is 407 g/mol. The lowest BCUT2D eigenvalue weighted by Crippen LogP contribution is -2.26. The molecule has 14 heteroatoms. The van der Waals surface area contributed by atoms with Gasteiger partial charge in [-0.15, -0.1) is 0 Å². The summed E-state index contributed by atoms with van der Waals surface area (Å²) >= 11 is 5.75. The first-order valence-electron chi connectivity index (χ1n) is 7.24. The highest BCUT2D eigenvalue weighted by Crippen LogP contribution is 2.27. The van der Waals surface area contributed by atoms with E-state index in [-0.39, 0.29) is 41.3 Å². The highest BCUT2D eigenvalue weighted by molar-refractivity contribution is 7.89. The van der Waals surface area contributed by atoms with Gasteiger partial charge in [0.25, 0.3) is 5.88 Å². The third-order valence-electron chi connectivity index (χ3n) is 3.15. The van der Waals surface area contributed by atoms with Crippen LogP contribution < -0.4 is 15.2 Å². The van der Waals surface area contributed by atoms with E-state index in [1.807, 2.05) is 0 Å². The summed E-state index contributed by atoms with van der Waals surface area (Å²) in [6, 6.07) is 3.59. The molecule has 2 heterocycles. The molecule has 0 amide bonds. The normalized spacial score (nSPS) is 13.4. The molecule has 0 saturated heterocycles. The van der Waals surface area contributed by atoms with Crippen LogP contribution in [-0.2, 0) is 9.92 Å². The molecule has 0 radical (unpaired) electrons. The second-order valence-electron chi connectivity index (χ2n) is 5.21. The van der Waals surface area contributed by atoms with Gasteiger partial charge in [-0.2, -0.15) is 0 Å². The van der Waals surface area contributed by atoms with Gasteiger partial charge >= 0.3 is 5.76 Å². The van der Waals surface area contributed by atoms with E-state index in [0.717, 1.165) is 10.6 Å². The van der Waals surface area contributed by atoms with Crippen LogP contribution in [0.15, 0.2) is 32.1 Å². The molecule has 0 aliphatic carbocycles. The fraction of sp³-hybridized carbons (Fsp3) is 0.231. The standard InChI is InChI=1S/C13H12ClFN6O5S/c1-27(16,23)17-4-5-24-12-10(18-26-20-12)11-19-25-13(22)21(11)7-2-3-9(15)8(14)6-7/h2-3,6H,4-5H2,1H3,(H2,16,17,23). The molecule has 11 nitrogen and oxygen atoms in total. The van der Waals surface area contributed by atoms with Gasteiger partial charge in [-0.05, 0) is 28.5 Å². The molecular formula is C13H12ClFN6O5S. The molecule has 2 aromatic heterocycles. The monoisotopic (exact) mass is 418 g/mol. The van der Waals surface area contributed by atoms with Crippen LogP contribution in [0.2, 0.25) is 5.02 Å². The van der Waals surface area contributed by atoms with Gasteiger partial charge in [-0.1, -0.05) is 16.8 Å². The van der Waals surface area contributed by atoms with Gasteiger partial charge in [0.15, 0.2) is 0 Å². The van der Waals surface area contributed by atoms with Gasteiger partial charge in [0.05, 0.1) is 10.7 Å². The Morgan fingerprint density at radius 3 is 2.89 bits per heavy atom. The van der Waals surface area contributed by atoms with Gasteiger partial charge < -0.3 is 4.74 Å². The van der Waals surface area contributed by atoms with Gasteiger partial charge in [0, 0.05) is 12.8 Å². The van der Waals surface area contributed by atoms with E-state index in [0.29, 0.717) is 0 Å². The number of ether oxygens (including phenoxy) is 1. The fourth-order valence-corrected chi connectivity index (χ4v) is 2.69. The Labute approximate surface area is 156 Å². The molecule has 27 heavy (non-hydrogen) atoms. The Balaban J connectivity index is 1.89. The number of benzene rings is 1. The van der Waals surface area contributed by atoms with Gasteiger partial charge in [0.2, 0.25) is 11.5 Å². The molecule has 3 rings (SSSR count). The van der Waals surface area contributed by atoms with Crippen molar-refractivity contribution >= 4 is 21.5 Å². The van der Waals surface area contributed by atoms with E-state index in [1.54, 1.807) is 0 Å². The van der Waals surface area contributed by atoms with E-state index in [4.69, 9.17) is 21.1 Å². The number of halogens is 2. The molecule has 1 aromatic carbocycles. The first kappa shape index (κ1) is 19.0. The van der Waals surface area contributed by atoms with Gasteiger partial charge in [-0.3, -0.25) is 4.52 Å². The zero-order valence-corrected chi connectivity index (χ0v) is 15.2. The second kappa shape index (κ2) is 7.46. The van der Waals surface area contributed by atoms with Crippen molar-refractivity contribution < 1.29 is 22.5 Å². The van der Waals surface area contributed by atoms with E-state index in [1.165, 1.54) is 18.4 Å². The fourth-order valence-electron chi connectivity index (χ4n) is 2.05. The highest BCUT2D eigenvalue weighted by atomic mass is 35.5. The molecule has 2 N–H and O–H groups in total. The predicted octanol–water partition coefficient (Wildman–Crippen LogP) is 1.23. The van der Waals surface area contributed by atoms with Crippen molar-refractivity contribution in [2.24, 2.45) is 0 Å². The van der Waals surface area contributed by atoms with Crippen molar-refractivity contribution in [1.29, 1.82) is 4.78 Å². The summed E-state index contributed by atoms with van der Waals surface area (Å²) in [5, 5.41) is 10.6. The Bertz CT molecular complexity index is 1120. The predicted molar refractivity (Wildman–Crippen MR) is 90.6 cm³/mol. The maximum absolute atomic E-state index is 13.4. The molecule has 1 unspecified atom stereocenters. The Morgan fingerprint density at radius 1 is 1.41 bits per heavy atom. The first-order valence-corrected chi connectivity index (χ1v) is 9.59. The zero-order valence-electron chi connectivity index (χ0n) is 13.6. The first-order chi connectivity index (χ1) is 12.8. The van der Waals surface area contributed by atoms with Crippen LogP contribution in [-0.4, -0.2) is 43.7 Å². The maximum Gasteiger partial charge on any atom is 0.446 e. The molecule has 0 bridgehead atoms. The molecule has 0 saturated carbocycles. The second-order valence-corrected chi connectivity index (χ2v) is 7.59. The van der Waals surface area contributed by atoms with Gasteiger partial charge in [0.1, 0.15) is 22.3 Å². The number of aromatic nitrogens is 4. The van der Waals surface area contributed by atoms with Gasteiger partial charge in [-0.25, -0.2) is 32.1 Å². The lowest BCUT2D eigenvalue weighted by Gasteiger charge is -2.06. The molecule has 0 fully saturated rings. The Morgan fingerprint density at radius 2 is 2.19 bits per heavy atom. The third kappa shape index (κ3) is 4.32. The van der Waals surface area contributed by atoms with E-state index in [2.05, 4.69) is 29.3 Å². The van der Waals surface area contributed by atoms with Crippen molar-refractivity contribution in [1.82, 2.24) is 24.8 Å². The minimum Gasteiger partial charge on any atom is -0.472 e. The summed E-state index contributed by atoms with van der Waals surface area (Å²) < 4.78 is 49.9. The smallest absolute Gasteiger partial charge is 0.446 e. The average molecular weight is 419 g/mol. The average Bonchev–Trinajstić information content (AvgIpc) is 3.19. The summed E-state index contributed by atoms with van der Waals surface area (Å²) in [6.45, 7) is 0.0692. The molecule has 1 atom stereocenters. The summed E-state index contributed by atoms with van der Waals surface area (Å²) in [6.07, 6.45) is 1.22. The van der Waals surface area contributed by atoms with Crippen molar-refractivity contribution in [2.45, 2.75) is 0 Å². The lowest BCUT2D eigenvalue weighted by molar-refractivity contribution is 0.258. The number of nitrogens with one attached hydrogen (secondary N) is 2. The summed E-state index contributed by atoms with van der Waals surface area (Å²) in [5.74, 6) is -1.75. The van der Waals surface area contributed by atoms with E-state index in [9.17, 15) is 13.4 Å². The zero-order chi connectivity index (χ0) is 19.6. The van der Waals surface area contributed by atoms with Crippen molar-refractivity contribution in [3.8, 4) is 23.1 Å². The highest BCUT2D eigenvalue weighted by Gasteiger charge is 2.24. The van der Waals surface area contributed by atoms with Crippen LogP contribution in [0.25, 0.3) is 17.2 Å².